The minimum atomic E-state index is -2.53. The normalized spacial score (nSPS) is 12.1. The Labute approximate surface area is 102 Å². The summed E-state index contributed by atoms with van der Waals surface area (Å²) in [5, 5.41) is 16.8. The van der Waals surface area contributed by atoms with Crippen molar-refractivity contribution >= 4 is 20.0 Å². The molecule has 0 bridgehead atoms. The summed E-state index contributed by atoms with van der Waals surface area (Å²) in [5.41, 5.74) is 0. The van der Waals surface area contributed by atoms with Gasteiger partial charge in [0, 0.05) is 6.42 Å². The molecule has 0 fully saturated rings. The number of carbonyl (C=O) groups is 2. The molecule has 2 atom stereocenters. The van der Waals surface area contributed by atoms with Gasteiger partial charge in [0.2, 0.25) is 0 Å². The fraction of sp³-hybridized carbons (Fsp3) is 0.800. The molecular weight excluding hydrogens is 247 g/mol. The molecule has 0 aromatic rings. The molecule has 0 rings (SSSR count). The zero-order valence-corrected chi connectivity index (χ0v) is 11.0. The van der Waals surface area contributed by atoms with Crippen LogP contribution in [0.25, 0.3) is 0 Å². The lowest BCUT2D eigenvalue weighted by Crippen LogP contribution is -2.17. The van der Waals surface area contributed by atoms with Crippen LogP contribution in [0.3, 0.4) is 0 Å². The van der Waals surface area contributed by atoms with Crippen LogP contribution < -0.4 is 0 Å². The first-order valence-corrected chi connectivity index (χ1v) is 6.82. The molecule has 0 aromatic heterocycles. The zero-order valence-electron chi connectivity index (χ0n) is 10.1. The molecule has 2 unspecified atom stereocenters. The maximum atomic E-state index is 10.4. The van der Waals surface area contributed by atoms with E-state index in [1.54, 1.807) is 0 Å². The van der Waals surface area contributed by atoms with Gasteiger partial charge in [-0.2, -0.15) is 4.89 Å². The molecule has 0 spiro atoms. The van der Waals surface area contributed by atoms with Crippen LogP contribution in [0.1, 0.15) is 39.5 Å². The molecule has 17 heavy (non-hydrogen) atoms. The van der Waals surface area contributed by atoms with E-state index in [2.05, 4.69) is 13.8 Å². The molecule has 3 N–H and O–H groups in total. The molecule has 0 aliphatic rings. The van der Waals surface area contributed by atoms with E-state index in [4.69, 9.17) is 15.1 Å². The van der Waals surface area contributed by atoms with Crippen molar-refractivity contribution < 1.29 is 29.3 Å². The molecule has 6 nitrogen and oxygen atoms in total. The Bertz CT molecular complexity index is 251. The SMILES string of the molecule is CCCC.O=C(O)CCC(C[P+](=O)O)C(=O)O. The van der Waals surface area contributed by atoms with Gasteiger partial charge in [-0.25, -0.2) is 0 Å². The summed E-state index contributed by atoms with van der Waals surface area (Å²) >= 11 is 0. The number of rotatable bonds is 7. The van der Waals surface area contributed by atoms with Gasteiger partial charge >= 0.3 is 20.0 Å². The standard InChI is InChI=1S/C6H9O6P.C4H10/c7-5(8)2-1-4(6(9)10)3-13(11)12;1-3-4-2/h4H,1-3H2,(H2-,7,8,9,10,11,12);3-4H2,1-2H3/p+1. The number of aliphatic carboxylic acids is 2. The Morgan fingerprint density at radius 2 is 1.65 bits per heavy atom. The van der Waals surface area contributed by atoms with Gasteiger partial charge in [-0.1, -0.05) is 26.7 Å². The summed E-state index contributed by atoms with van der Waals surface area (Å²) in [6.45, 7) is 4.36. The summed E-state index contributed by atoms with van der Waals surface area (Å²) < 4.78 is 10.3. The molecule has 0 aliphatic heterocycles. The average Bonchev–Trinajstić information content (AvgIpc) is 2.23. The van der Waals surface area contributed by atoms with Crippen LogP contribution in [-0.2, 0) is 14.2 Å². The summed E-state index contributed by atoms with van der Waals surface area (Å²) in [6, 6.07) is 0. The molecular formula is C10H20O6P+. The second kappa shape index (κ2) is 11.5. The Hall–Kier alpha value is -1.00. The second-order valence-electron chi connectivity index (χ2n) is 3.50. The van der Waals surface area contributed by atoms with Gasteiger partial charge in [0.25, 0.3) is 0 Å². The molecule has 100 valence electrons. The highest BCUT2D eigenvalue weighted by Gasteiger charge is 2.27. The first-order valence-electron chi connectivity index (χ1n) is 5.43. The lowest BCUT2D eigenvalue weighted by atomic mass is 10.1. The first kappa shape index (κ1) is 18.4. The maximum Gasteiger partial charge on any atom is 0.506 e. The van der Waals surface area contributed by atoms with Crippen LogP contribution >= 0.6 is 8.03 Å². The van der Waals surface area contributed by atoms with E-state index in [1.807, 2.05) is 0 Å². The van der Waals surface area contributed by atoms with Gasteiger partial charge in [0.15, 0.2) is 6.16 Å². The van der Waals surface area contributed by atoms with E-state index in [0.29, 0.717) is 0 Å². The van der Waals surface area contributed by atoms with Gasteiger partial charge in [-0.3, -0.25) is 9.59 Å². The zero-order chi connectivity index (χ0) is 13.8. The lowest BCUT2D eigenvalue weighted by molar-refractivity contribution is -0.142. The Balaban J connectivity index is 0. The topological polar surface area (TPSA) is 112 Å². The van der Waals surface area contributed by atoms with Crippen LogP contribution in [-0.4, -0.2) is 33.2 Å². The summed E-state index contributed by atoms with van der Waals surface area (Å²) in [6.07, 6.45) is 1.82. The van der Waals surface area contributed by atoms with Gasteiger partial charge < -0.3 is 10.2 Å². The number of unbranched alkanes of at least 4 members (excludes halogenated alkanes) is 1. The fourth-order valence-corrected chi connectivity index (χ4v) is 1.49. The van der Waals surface area contributed by atoms with Crippen molar-refractivity contribution in [1.29, 1.82) is 0 Å². The largest absolute Gasteiger partial charge is 0.506 e. The van der Waals surface area contributed by atoms with E-state index >= 15 is 0 Å². The third kappa shape index (κ3) is 15.0. The molecule has 0 radical (unpaired) electrons. The highest BCUT2D eigenvalue weighted by Crippen LogP contribution is 2.21. The van der Waals surface area contributed by atoms with Crippen LogP contribution in [0.2, 0.25) is 0 Å². The van der Waals surface area contributed by atoms with E-state index in [9.17, 15) is 14.2 Å². The minimum absolute atomic E-state index is 0.119. The van der Waals surface area contributed by atoms with E-state index in [0.717, 1.165) is 0 Å². The number of carboxylic acids is 2. The second-order valence-corrected chi connectivity index (χ2v) is 4.57. The summed E-state index contributed by atoms with van der Waals surface area (Å²) in [4.78, 5) is 28.9. The quantitative estimate of drug-likeness (QED) is 0.609. The maximum absolute atomic E-state index is 10.4. The average molecular weight is 267 g/mol. The molecule has 0 amide bonds. The van der Waals surface area contributed by atoms with Crippen molar-refractivity contribution in [3.8, 4) is 0 Å². The monoisotopic (exact) mass is 267 g/mol. The van der Waals surface area contributed by atoms with Gasteiger partial charge in [0.1, 0.15) is 5.92 Å². The summed E-state index contributed by atoms with van der Waals surface area (Å²) in [7, 11) is -2.53. The third-order valence-electron chi connectivity index (χ3n) is 1.93. The van der Waals surface area contributed by atoms with Gasteiger partial charge in [-0.15, -0.1) is 0 Å². The van der Waals surface area contributed by atoms with Crippen molar-refractivity contribution in [1.82, 2.24) is 0 Å². The number of carboxylic acid groups (broad SMARTS) is 2. The molecule has 0 aliphatic carbocycles. The minimum Gasteiger partial charge on any atom is -0.481 e. The molecule has 0 heterocycles. The van der Waals surface area contributed by atoms with Crippen LogP contribution in [0, 0.1) is 5.92 Å². The highest BCUT2D eigenvalue weighted by atomic mass is 31.1. The van der Waals surface area contributed by atoms with E-state index in [-0.39, 0.29) is 12.8 Å². The Morgan fingerprint density at radius 3 is 1.88 bits per heavy atom. The highest BCUT2D eigenvalue weighted by molar-refractivity contribution is 7.38. The predicted octanol–water partition coefficient (Wildman–Crippen LogP) is 2.09. The molecule has 0 saturated heterocycles. The Morgan fingerprint density at radius 1 is 1.18 bits per heavy atom. The third-order valence-corrected chi connectivity index (χ3v) is 2.69. The summed E-state index contributed by atoms with van der Waals surface area (Å²) in [5.74, 6) is -3.40. The van der Waals surface area contributed by atoms with Crippen LogP contribution in [0.4, 0.5) is 0 Å². The van der Waals surface area contributed by atoms with Crippen LogP contribution in [0.15, 0.2) is 0 Å². The lowest BCUT2D eigenvalue weighted by Gasteiger charge is -2.02. The van der Waals surface area contributed by atoms with Crippen LogP contribution in [0.5, 0.6) is 0 Å². The van der Waals surface area contributed by atoms with Crippen molar-refractivity contribution in [2.75, 3.05) is 6.16 Å². The first-order chi connectivity index (χ1) is 7.84. The smallest absolute Gasteiger partial charge is 0.481 e. The van der Waals surface area contributed by atoms with Crippen molar-refractivity contribution in [3.05, 3.63) is 0 Å². The van der Waals surface area contributed by atoms with E-state index < -0.39 is 32.0 Å². The molecule has 0 aromatic carbocycles. The van der Waals surface area contributed by atoms with Gasteiger partial charge in [0.05, 0.1) is 0 Å². The predicted molar refractivity (Wildman–Crippen MR) is 63.3 cm³/mol. The van der Waals surface area contributed by atoms with Crippen molar-refractivity contribution in [3.63, 3.8) is 0 Å². The van der Waals surface area contributed by atoms with E-state index in [1.165, 1.54) is 12.8 Å². The number of hydrogen-bond donors (Lipinski definition) is 3. The molecule has 7 heteroatoms. The Kier molecular flexibility index (Phi) is 12.4. The molecule has 0 saturated carbocycles. The van der Waals surface area contributed by atoms with Crippen molar-refractivity contribution in [2.24, 2.45) is 5.92 Å². The van der Waals surface area contributed by atoms with Gasteiger partial charge in [-0.05, 0) is 11.0 Å². The van der Waals surface area contributed by atoms with Crippen molar-refractivity contribution in [2.45, 2.75) is 39.5 Å². The number of hydrogen-bond acceptors (Lipinski definition) is 3. The fourth-order valence-electron chi connectivity index (χ4n) is 0.779.